The van der Waals surface area contributed by atoms with Gasteiger partial charge >= 0.3 is 0 Å². The van der Waals surface area contributed by atoms with Crippen molar-refractivity contribution in [3.8, 4) is 0 Å². The van der Waals surface area contributed by atoms with Crippen molar-refractivity contribution in [1.82, 2.24) is 4.98 Å². The molecule has 0 spiro atoms. The molecule has 1 amide bonds. The molecule has 1 aromatic carbocycles. The van der Waals surface area contributed by atoms with E-state index in [-0.39, 0.29) is 5.91 Å². The largest absolute Gasteiger partial charge is 0.366 e. The lowest BCUT2D eigenvalue weighted by molar-refractivity contribution is 0.100. The first-order chi connectivity index (χ1) is 9.15. The number of aromatic amines is 1. The molecule has 0 bridgehead atoms. The standard InChI is InChI=1S/C15H19N3O/c16-10-6-4-9(5-7-10)14-8-12-11(15(17)19)2-1-3-13(12)18-14/h1-3,8-10,18H,4-7,16H2,(H2,17,19)/t9-,10+. The molecule has 0 unspecified atom stereocenters. The highest BCUT2D eigenvalue weighted by Gasteiger charge is 2.22. The fraction of sp³-hybridized carbons (Fsp3) is 0.400. The molecule has 0 aliphatic heterocycles. The van der Waals surface area contributed by atoms with Crippen LogP contribution in [0.15, 0.2) is 24.3 Å². The van der Waals surface area contributed by atoms with Gasteiger partial charge < -0.3 is 16.5 Å². The zero-order valence-corrected chi connectivity index (χ0v) is 10.9. The van der Waals surface area contributed by atoms with Crippen molar-refractivity contribution in [1.29, 1.82) is 0 Å². The lowest BCUT2D eigenvalue weighted by atomic mass is 9.84. The number of carbonyl (C=O) groups is 1. The first-order valence-electron chi connectivity index (χ1n) is 6.82. The van der Waals surface area contributed by atoms with Crippen LogP contribution in [-0.4, -0.2) is 16.9 Å². The van der Waals surface area contributed by atoms with E-state index in [1.54, 1.807) is 6.07 Å². The van der Waals surface area contributed by atoms with Gasteiger partial charge in [-0.15, -0.1) is 0 Å². The van der Waals surface area contributed by atoms with Gasteiger partial charge in [0.1, 0.15) is 0 Å². The van der Waals surface area contributed by atoms with Crippen LogP contribution in [0.2, 0.25) is 0 Å². The predicted octanol–water partition coefficient (Wildman–Crippen LogP) is 2.25. The minimum Gasteiger partial charge on any atom is -0.366 e. The van der Waals surface area contributed by atoms with Crippen LogP contribution in [0.25, 0.3) is 10.9 Å². The van der Waals surface area contributed by atoms with Crippen molar-refractivity contribution in [3.63, 3.8) is 0 Å². The highest BCUT2D eigenvalue weighted by atomic mass is 16.1. The maximum atomic E-state index is 11.4. The molecule has 1 aromatic heterocycles. The lowest BCUT2D eigenvalue weighted by Crippen LogP contribution is -2.25. The number of amides is 1. The van der Waals surface area contributed by atoms with Crippen molar-refractivity contribution >= 4 is 16.8 Å². The van der Waals surface area contributed by atoms with Crippen molar-refractivity contribution in [2.75, 3.05) is 0 Å². The van der Waals surface area contributed by atoms with E-state index < -0.39 is 0 Å². The van der Waals surface area contributed by atoms with E-state index in [4.69, 9.17) is 11.5 Å². The quantitative estimate of drug-likeness (QED) is 0.770. The Morgan fingerprint density at radius 1 is 1.21 bits per heavy atom. The number of H-pyrrole nitrogens is 1. The van der Waals surface area contributed by atoms with Gasteiger partial charge in [-0.2, -0.15) is 0 Å². The van der Waals surface area contributed by atoms with Crippen molar-refractivity contribution in [2.45, 2.75) is 37.6 Å². The summed E-state index contributed by atoms with van der Waals surface area (Å²) in [7, 11) is 0. The van der Waals surface area contributed by atoms with Gasteiger partial charge in [-0.3, -0.25) is 4.79 Å². The van der Waals surface area contributed by atoms with Crippen LogP contribution in [0.5, 0.6) is 0 Å². The number of primary amides is 1. The molecular weight excluding hydrogens is 238 g/mol. The number of hydrogen-bond donors (Lipinski definition) is 3. The van der Waals surface area contributed by atoms with Gasteiger partial charge in [0.15, 0.2) is 0 Å². The van der Waals surface area contributed by atoms with Crippen LogP contribution in [0.3, 0.4) is 0 Å². The molecule has 3 rings (SSSR count). The van der Waals surface area contributed by atoms with Crippen LogP contribution in [0, 0.1) is 0 Å². The normalized spacial score (nSPS) is 23.6. The summed E-state index contributed by atoms with van der Waals surface area (Å²) >= 11 is 0. The Labute approximate surface area is 112 Å². The zero-order valence-electron chi connectivity index (χ0n) is 10.9. The second-order valence-corrected chi connectivity index (χ2v) is 5.47. The van der Waals surface area contributed by atoms with Crippen LogP contribution < -0.4 is 11.5 Å². The summed E-state index contributed by atoms with van der Waals surface area (Å²) < 4.78 is 0. The first-order valence-corrected chi connectivity index (χ1v) is 6.82. The monoisotopic (exact) mass is 257 g/mol. The van der Waals surface area contributed by atoms with E-state index in [0.717, 1.165) is 36.6 Å². The fourth-order valence-corrected chi connectivity index (χ4v) is 3.04. The van der Waals surface area contributed by atoms with Gasteiger partial charge in [0, 0.05) is 28.2 Å². The Morgan fingerprint density at radius 2 is 1.95 bits per heavy atom. The lowest BCUT2D eigenvalue weighted by Gasteiger charge is -2.25. The molecular formula is C15H19N3O. The summed E-state index contributed by atoms with van der Waals surface area (Å²) in [5.74, 6) is 0.148. The molecule has 1 aliphatic rings. The minimum absolute atomic E-state index is 0.349. The predicted molar refractivity (Wildman–Crippen MR) is 76.0 cm³/mol. The van der Waals surface area contributed by atoms with Crippen molar-refractivity contribution in [2.24, 2.45) is 11.5 Å². The topological polar surface area (TPSA) is 84.9 Å². The first kappa shape index (κ1) is 12.2. The van der Waals surface area contributed by atoms with E-state index in [2.05, 4.69) is 11.1 Å². The molecule has 1 aliphatic carbocycles. The summed E-state index contributed by atoms with van der Waals surface area (Å²) in [5, 5.41) is 0.930. The molecule has 2 aromatic rings. The van der Waals surface area contributed by atoms with Crippen molar-refractivity contribution in [3.05, 3.63) is 35.5 Å². The smallest absolute Gasteiger partial charge is 0.249 e. The second kappa shape index (κ2) is 4.70. The van der Waals surface area contributed by atoms with Crippen LogP contribution >= 0.6 is 0 Å². The third-order valence-electron chi connectivity index (χ3n) is 4.16. The van der Waals surface area contributed by atoms with Gasteiger partial charge in [0.05, 0.1) is 0 Å². The zero-order chi connectivity index (χ0) is 13.4. The number of aromatic nitrogens is 1. The van der Waals surface area contributed by atoms with Gasteiger partial charge in [-0.05, 0) is 49.8 Å². The fourth-order valence-electron chi connectivity index (χ4n) is 3.04. The van der Waals surface area contributed by atoms with Crippen LogP contribution in [-0.2, 0) is 0 Å². The average molecular weight is 257 g/mol. The molecule has 1 heterocycles. The Balaban J connectivity index is 1.98. The summed E-state index contributed by atoms with van der Waals surface area (Å²) in [5.41, 5.74) is 14.1. The Hall–Kier alpha value is -1.81. The van der Waals surface area contributed by atoms with Crippen LogP contribution in [0.4, 0.5) is 0 Å². The summed E-state index contributed by atoms with van der Waals surface area (Å²) in [4.78, 5) is 14.9. The minimum atomic E-state index is -0.373. The Kier molecular flexibility index (Phi) is 3.03. The second-order valence-electron chi connectivity index (χ2n) is 5.47. The number of fused-ring (bicyclic) bond motifs is 1. The number of nitrogens with two attached hydrogens (primary N) is 2. The SMILES string of the molecule is NC(=O)c1cccc2[nH]c([C@H]3CC[C@@H](N)CC3)cc12. The summed E-state index contributed by atoms with van der Waals surface area (Å²) in [6.07, 6.45) is 4.37. The van der Waals surface area contributed by atoms with Gasteiger partial charge in [0.2, 0.25) is 5.91 Å². The summed E-state index contributed by atoms with van der Waals surface area (Å²) in [6, 6.07) is 8.05. The molecule has 0 atom stereocenters. The molecule has 19 heavy (non-hydrogen) atoms. The van der Waals surface area contributed by atoms with Gasteiger partial charge in [-0.25, -0.2) is 0 Å². The number of nitrogens with one attached hydrogen (secondary N) is 1. The summed E-state index contributed by atoms with van der Waals surface area (Å²) in [6.45, 7) is 0. The molecule has 1 saturated carbocycles. The Bertz CT molecular complexity index is 609. The molecule has 4 nitrogen and oxygen atoms in total. The molecule has 5 N–H and O–H groups in total. The molecule has 1 fully saturated rings. The third-order valence-corrected chi connectivity index (χ3v) is 4.16. The van der Waals surface area contributed by atoms with E-state index in [1.165, 1.54) is 5.69 Å². The number of hydrogen-bond acceptors (Lipinski definition) is 2. The van der Waals surface area contributed by atoms with Crippen molar-refractivity contribution < 1.29 is 4.79 Å². The molecule has 0 radical (unpaired) electrons. The third kappa shape index (κ3) is 2.24. The van der Waals surface area contributed by atoms with E-state index in [9.17, 15) is 4.79 Å². The maximum absolute atomic E-state index is 11.4. The average Bonchev–Trinajstić information content (AvgIpc) is 2.82. The highest BCUT2D eigenvalue weighted by Crippen LogP contribution is 2.34. The number of benzene rings is 1. The number of rotatable bonds is 2. The highest BCUT2D eigenvalue weighted by molar-refractivity contribution is 6.05. The molecule has 0 saturated heterocycles. The van der Waals surface area contributed by atoms with E-state index in [0.29, 0.717) is 17.5 Å². The molecule has 100 valence electrons. The van der Waals surface area contributed by atoms with E-state index in [1.807, 2.05) is 12.1 Å². The van der Waals surface area contributed by atoms with E-state index >= 15 is 0 Å². The van der Waals surface area contributed by atoms with Crippen LogP contribution in [0.1, 0.15) is 47.7 Å². The van der Waals surface area contributed by atoms with Gasteiger partial charge in [0.25, 0.3) is 0 Å². The van der Waals surface area contributed by atoms with Gasteiger partial charge in [-0.1, -0.05) is 6.07 Å². The Morgan fingerprint density at radius 3 is 2.63 bits per heavy atom. The molecule has 4 heteroatoms. The number of carbonyl (C=O) groups excluding carboxylic acids is 1. The maximum Gasteiger partial charge on any atom is 0.249 e.